The maximum absolute atomic E-state index is 15.4. The lowest BCUT2D eigenvalue weighted by molar-refractivity contribution is -0.106. The monoisotopic (exact) mass is 528 g/mol. The Hall–Kier alpha value is -3.45. The molecule has 38 heavy (non-hydrogen) atoms. The molecule has 2 aliphatic heterocycles. The average Bonchev–Trinajstić information content (AvgIpc) is 3.41. The molecule has 13 heteroatoms. The number of benzene rings is 1. The predicted molar refractivity (Wildman–Crippen MR) is 132 cm³/mol. The molecule has 3 fully saturated rings. The molecule has 2 saturated heterocycles. The van der Waals surface area contributed by atoms with Gasteiger partial charge in [-0.1, -0.05) is 11.3 Å². The summed E-state index contributed by atoms with van der Waals surface area (Å²) in [5.74, 6) is -2.59. The third-order valence-electron chi connectivity index (χ3n) is 7.92. The Balaban J connectivity index is 1.19. The van der Waals surface area contributed by atoms with Crippen molar-refractivity contribution in [3.05, 3.63) is 30.2 Å². The second-order valence-corrected chi connectivity index (χ2v) is 10.4. The van der Waals surface area contributed by atoms with Gasteiger partial charge in [0.15, 0.2) is 5.82 Å². The number of aromatic nitrogens is 6. The Morgan fingerprint density at radius 1 is 1.13 bits per heavy atom. The van der Waals surface area contributed by atoms with Gasteiger partial charge in [0.1, 0.15) is 11.0 Å². The topological polar surface area (TPSA) is 94.6 Å². The van der Waals surface area contributed by atoms with Gasteiger partial charge in [0, 0.05) is 32.0 Å². The Kier molecular flexibility index (Phi) is 5.48. The summed E-state index contributed by atoms with van der Waals surface area (Å²) in [5.41, 5.74) is 2.29. The van der Waals surface area contributed by atoms with E-state index >= 15 is 4.39 Å². The van der Waals surface area contributed by atoms with Crippen molar-refractivity contribution in [3.8, 4) is 17.0 Å². The van der Waals surface area contributed by atoms with Crippen LogP contribution in [0.3, 0.4) is 0 Å². The van der Waals surface area contributed by atoms with Crippen LogP contribution < -0.4 is 10.1 Å². The molecule has 0 amide bonds. The van der Waals surface area contributed by atoms with E-state index in [0.717, 1.165) is 39.1 Å². The van der Waals surface area contributed by atoms with Crippen LogP contribution >= 0.6 is 0 Å². The zero-order chi connectivity index (χ0) is 26.0. The first kappa shape index (κ1) is 23.7. The number of rotatable bonds is 6. The van der Waals surface area contributed by atoms with Crippen LogP contribution in [0, 0.1) is 5.82 Å². The molecule has 1 saturated carbocycles. The highest BCUT2D eigenvalue weighted by atomic mass is 19.3. The van der Waals surface area contributed by atoms with Crippen molar-refractivity contribution in [2.75, 3.05) is 38.7 Å². The number of hydrogen-bond acceptors (Lipinski definition) is 8. The van der Waals surface area contributed by atoms with E-state index in [1.54, 1.807) is 18.2 Å². The van der Waals surface area contributed by atoms with Crippen LogP contribution in [0.25, 0.3) is 27.7 Å². The number of nitrogens with one attached hydrogen (secondary N) is 1. The van der Waals surface area contributed by atoms with Crippen LogP contribution in [0.2, 0.25) is 0 Å². The zero-order valence-electron chi connectivity index (χ0n) is 20.8. The molecule has 200 valence electrons. The molecule has 1 aliphatic carbocycles. The molecule has 3 aromatic heterocycles. The molecule has 10 nitrogen and oxygen atoms in total. The minimum Gasteiger partial charge on any atom is -0.479 e. The van der Waals surface area contributed by atoms with Crippen molar-refractivity contribution in [3.63, 3.8) is 0 Å². The lowest BCUT2D eigenvalue weighted by Gasteiger charge is -2.41. The van der Waals surface area contributed by atoms with Crippen LogP contribution in [0.4, 0.5) is 19.1 Å². The van der Waals surface area contributed by atoms with E-state index in [4.69, 9.17) is 9.47 Å². The van der Waals surface area contributed by atoms with Gasteiger partial charge in [-0.25, -0.2) is 22.4 Å². The lowest BCUT2D eigenvalue weighted by atomic mass is 9.88. The zero-order valence-corrected chi connectivity index (χ0v) is 20.8. The second-order valence-electron chi connectivity index (χ2n) is 10.4. The van der Waals surface area contributed by atoms with E-state index in [1.807, 2.05) is 0 Å². The van der Waals surface area contributed by atoms with Crippen LogP contribution in [0.1, 0.15) is 31.7 Å². The highest BCUT2D eigenvalue weighted by Crippen LogP contribution is 2.46. The van der Waals surface area contributed by atoms with Crippen molar-refractivity contribution in [2.45, 2.75) is 49.7 Å². The number of piperidine rings is 1. The smallest absolute Gasteiger partial charge is 0.252 e. The average molecular weight is 529 g/mol. The van der Waals surface area contributed by atoms with Gasteiger partial charge in [0.2, 0.25) is 11.8 Å². The van der Waals surface area contributed by atoms with Crippen molar-refractivity contribution in [2.24, 2.45) is 0 Å². The minimum atomic E-state index is -2.69. The maximum atomic E-state index is 15.4. The van der Waals surface area contributed by atoms with Crippen molar-refractivity contribution < 1.29 is 22.6 Å². The van der Waals surface area contributed by atoms with Gasteiger partial charge in [-0.2, -0.15) is 4.98 Å². The van der Waals surface area contributed by atoms with E-state index in [2.05, 4.69) is 30.6 Å². The summed E-state index contributed by atoms with van der Waals surface area (Å²) in [7, 11) is 1.49. The van der Waals surface area contributed by atoms with Crippen LogP contribution in [-0.2, 0) is 4.74 Å². The standard InChI is InChI=1S/C25H27F3N8O2/c1-37-23-22-21(14-2-3-19-20(8-14)36(33-31-19)16-9-25(27,28)10-16)18(26)11-35(22)32-24(30-23)29-15-4-6-34(7-5-15)17-12-38-13-17/h2-3,8,11,15-17H,4-7,9-10,12-13H2,1H3,(H,29,32). The van der Waals surface area contributed by atoms with Crippen LogP contribution in [0.15, 0.2) is 24.4 Å². The van der Waals surface area contributed by atoms with E-state index in [-0.39, 0.29) is 30.3 Å². The molecule has 1 aromatic carbocycles. The fraction of sp³-hybridized carbons (Fsp3) is 0.520. The largest absolute Gasteiger partial charge is 0.479 e. The summed E-state index contributed by atoms with van der Waals surface area (Å²) < 4.78 is 56.2. The third kappa shape index (κ3) is 3.95. The molecule has 0 bridgehead atoms. The van der Waals surface area contributed by atoms with Crippen molar-refractivity contribution >= 4 is 22.5 Å². The summed E-state index contributed by atoms with van der Waals surface area (Å²) in [4.78, 5) is 7.01. The van der Waals surface area contributed by atoms with Gasteiger partial charge in [-0.15, -0.1) is 10.2 Å². The molecule has 3 aliphatic rings. The lowest BCUT2D eigenvalue weighted by Crippen LogP contribution is -2.53. The SMILES string of the molecule is COc1nc(NC2CCN(C3COC3)CC2)nn2cc(F)c(-c3ccc4nnn(C5CC(F)(F)C5)c4c3)c12. The van der Waals surface area contributed by atoms with Crippen molar-refractivity contribution in [1.82, 2.24) is 34.5 Å². The number of ether oxygens (including phenoxy) is 2. The van der Waals surface area contributed by atoms with E-state index < -0.39 is 17.8 Å². The summed E-state index contributed by atoms with van der Waals surface area (Å²) in [6.07, 6.45) is 2.61. The molecule has 0 spiro atoms. The number of methoxy groups -OCH3 is 1. The fourth-order valence-corrected chi connectivity index (χ4v) is 5.69. The van der Waals surface area contributed by atoms with Crippen LogP contribution in [-0.4, -0.2) is 85.9 Å². The third-order valence-corrected chi connectivity index (χ3v) is 7.92. The Morgan fingerprint density at radius 2 is 1.92 bits per heavy atom. The number of nitrogens with zero attached hydrogens (tertiary/aromatic N) is 7. The van der Waals surface area contributed by atoms with Gasteiger partial charge < -0.3 is 14.8 Å². The molecule has 4 aromatic rings. The summed E-state index contributed by atoms with van der Waals surface area (Å²) in [5, 5.41) is 16.1. The van der Waals surface area contributed by atoms with Crippen LogP contribution in [0.5, 0.6) is 5.88 Å². The number of hydrogen-bond donors (Lipinski definition) is 1. The predicted octanol–water partition coefficient (Wildman–Crippen LogP) is 3.53. The number of alkyl halides is 2. The fourth-order valence-electron chi connectivity index (χ4n) is 5.69. The normalized spacial score (nSPS) is 21.1. The van der Waals surface area contributed by atoms with Gasteiger partial charge in [-0.05, 0) is 30.5 Å². The number of likely N-dealkylation sites (tertiary alicyclic amines) is 1. The molecule has 5 heterocycles. The first-order chi connectivity index (χ1) is 18.4. The molecule has 0 unspecified atom stereocenters. The Labute approximate surface area is 215 Å². The van der Waals surface area contributed by atoms with E-state index in [9.17, 15) is 8.78 Å². The van der Waals surface area contributed by atoms with Crippen molar-refractivity contribution in [1.29, 1.82) is 0 Å². The van der Waals surface area contributed by atoms with Gasteiger partial charge in [-0.3, -0.25) is 4.90 Å². The Morgan fingerprint density at radius 3 is 2.61 bits per heavy atom. The van der Waals surface area contributed by atoms with E-state index in [1.165, 1.54) is 22.5 Å². The molecular formula is C25H27F3N8O2. The molecule has 7 rings (SSSR count). The number of halogens is 3. The molecule has 1 N–H and O–H groups in total. The minimum absolute atomic E-state index is 0.198. The van der Waals surface area contributed by atoms with Gasteiger partial charge in [0.05, 0.1) is 49.7 Å². The van der Waals surface area contributed by atoms with Gasteiger partial charge in [0.25, 0.3) is 5.92 Å². The quantitative estimate of drug-likeness (QED) is 0.406. The summed E-state index contributed by atoms with van der Waals surface area (Å²) in [6, 6.07) is 5.43. The summed E-state index contributed by atoms with van der Waals surface area (Å²) in [6.45, 7) is 3.55. The first-order valence-electron chi connectivity index (χ1n) is 12.8. The van der Waals surface area contributed by atoms with Gasteiger partial charge >= 0.3 is 0 Å². The maximum Gasteiger partial charge on any atom is 0.252 e. The first-order valence-corrected chi connectivity index (χ1v) is 12.8. The molecule has 0 atom stereocenters. The second kappa shape index (κ2) is 8.80. The van der Waals surface area contributed by atoms with E-state index in [0.29, 0.717) is 34.1 Å². The Bertz CT molecular complexity index is 1500. The highest BCUT2D eigenvalue weighted by Gasteiger charge is 2.47. The summed E-state index contributed by atoms with van der Waals surface area (Å²) >= 11 is 0. The highest BCUT2D eigenvalue weighted by molar-refractivity contribution is 5.89. The number of anilines is 1. The molecule has 0 radical (unpaired) electrons. The number of fused-ring (bicyclic) bond motifs is 2. The molecular weight excluding hydrogens is 501 g/mol.